The molecule has 0 N–H and O–H groups in total. The monoisotopic (exact) mass is 309 g/mol. The van der Waals surface area contributed by atoms with Crippen LogP contribution in [0.25, 0.3) is 0 Å². The summed E-state index contributed by atoms with van der Waals surface area (Å²) >= 11 is 0. The van der Waals surface area contributed by atoms with Crippen molar-refractivity contribution in [3.8, 4) is 11.5 Å². The molecule has 0 saturated heterocycles. The lowest BCUT2D eigenvalue weighted by atomic mass is 9.86. The third-order valence-corrected chi connectivity index (χ3v) is 4.59. The zero-order valence-electron chi connectivity index (χ0n) is 15.3. The van der Waals surface area contributed by atoms with Crippen molar-refractivity contribution in [2.75, 3.05) is 11.9 Å². The number of hydrogen-bond acceptors (Lipinski definition) is 2. The zero-order chi connectivity index (χ0) is 17.0. The summed E-state index contributed by atoms with van der Waals surface area (Å²) < 4.78 is 6.28. The maximum absolute atomic E-state index is 6.28. The lowest BCUT2D eigenvalue weighted by Gasteiger charge is -2.32. The summed E-state index contributed by atoms with van der Waals surface area (Å²) in [6, 6.07) is 13.1. The Morgan fingerprint density at radius 1 is 0.696 bits per heavy atom. The Bertz CT molecular complexity index is 684. The molecule has 0 spiro atoms. The predicted molar refractivity (Wildman–Crippen MR) is 98.4 cm³/mol. The Hall–Kier alpha value is -1.96. The van der Waals surface area contributed by atoms with Gasteiger partial charge in [-0.1, -0.05) is 53.7 Å². The van der Waals surface area contributed by atoms with Crippen LogP contribution in [-0.4, -0.2) is 7.05 Å². The van der Waals surface area contributed by atoms with Gasteiger partial charge in [0.05, 0.1) is 11.4 Å². The largest absolute Gasteiger partial charge is 0.453 e. The van der Waals surface area contributed by atoms with Crippen molar-refractivity contribution in [2.45, 2.75) is 52.4 Å². The van der Waals surface area contributed by atoms with Crippen LogP contribution in [0.2, 0.25) is 0 Å². The zero-order valence-corrected chi connectivity index (χ0v) is 15.3. The van der Waals surface area contributed by atoms with E-state index in [1.807, 2.05) is 0 Å². The molecule has 0 atom stereocenters. The van der Waals surface area contributed by atoms with Crippen LogP contribution in [0.4, 0.5) is 11.4 Å². The molecule has 23 heavy (non-hydrogen) atoms. The van der Waals surface area contributed by atoms with Crippen molar-refractivity contribution in [2.24, 2.45) is 0 Å². The number of rotatable bonds is 0. The fourth-order valence-corrected chi connectivity index (χ4v) is 2.93. The van der Waals surface area contributed by atoms with E-state index in [1.165, 1.54) is 11.1 Å². The second kappa shape index (κ2) is 5.02. The van der Waals surface area contributed by atoms with Gasteiger partial charge in [0.1, 0.15) is 0 Å². The van der Waals surface area contributed by atoms with E-state index in [0.717, 1.165) is 22.9 Å². The molecule has 0 unspecified atom stereocenters. The molecule has 1 aliphatic rings. The van der Waals surface area contributed by atoms with Crippen LogP contribution in [0.1, 0.15) is 52.7 Å². The van der Waals surface area contributed by atoms with Crippen LogP contribution in [-0.2, 0) is 10.8 Å². The summed E-state index contributed by atoms with van der Waals surface area (Å²) in [5.74, 6) is 1.89. The molecule has 0 amide bonds. The molecule has 0 radical (unpaired) electrons. The molecule has 0 saturated carbocycles. The second-order valence-electron chi connectivity index (χ2n) is 8.53. The number of anilines is 2. The first-order valence-corrected chi connectivity index (χ1v) is 8.28. The van der Waals surface area contributed by atoms with E-state index in [2.05, 4.69) is 89.9 Å². The normalized spacial score (nSPS) is 14.1. The van der Waals surface area contributed by atoms with Crippen LogP contribution >= 0.6 is 0 Å². The van der Waals surface area contributed by atoms with Crippen LogP contribution in [0.5, 0.6) is 11.5 Å². The number of benzene rings is 2. The van der Waals surface area contributed by atoms with Crippen LogP contribution < -0.4 is 9.64 Å². The maximum Gasteiger partial charge on any atom is 0.151 e. The molecular weight excluding hydrogens is 282 g/mol. The molecule has 2 heteroatoms. The predicted octanol–water partition coefficient (Wildman–Crippen LogP) is 6.16. The van der Waals surface area contributed by atoms with Crippen LogP contribution in [0, 0.1) is 0 Å². The summed E-state index contributed by atoms with van der Waals surface area (Å²) in [5.41, 5.74) is 5.05. The summed E-state index contributed by atoms with van der Waals surface area (Å²) in [6.07, 6.45) is 0. The summed E-state index contributed by atoms with van der Waals surface area (Å²) in [6.45, 7) is 13.4. The van der Waals surface area contributed by atoms with E-state index in [9.17, 15) is 0 Å². The smallest absolute Gasteiger partial charge is 0.151 e. The van der Waals surface area contributed by atoms with E-state index in [1.54, 1.807) is 0 Å². The van der Waals surface area contributed by atoms with Crippen molar-refractivity contribution in [1.82, 2.24) is 0 Å². The fraction of sp³-hybridized carbons (Fsp3) is 0.429. The highest BCUT2D eigenvalue weighted by Crippen LogP contribution is 2.48. The third kappa shape index (κ3) is 2.83. The molecule has 1 aliphatic heterocycles. The highest BCUT2D eigenvalue weighted by molar-refractivity contribution is 5.78. The minimum absolute atomic E-state index is 0.116. The van der Waals surface area contributed by atoms with E-state index in [0.29, 0.717) is 0 Å². The van der Waals surface area contributed by atoms with Gasteiger partial charge in [0.15, 0.2) is 11.5 Å². The SMILES string of the molecule is CN1c2ccc(C(C)(C)C)cc2Oc2cc(C(C)(C)C)ccc21. The minimum atomic E-state index is 0.116. The first-order valence-electron chi connectivity index (χ1n) is 8.28. The van der Waals surface area contributed by atoms with Gasteiger partial charge in [-0.05, 0) is 46.2 Å². The molecule has 2 nitrogen and oxygen atoms in total. The van der Waals surface area contributed by atoms with Gasteiger partial charge in [-0.3, -0.25) is 0 Å². The number of hydrogen-bond donors (Lipinski definition) is 0. The lowest BCUT2D eigenvalue weighted by Crippen LogP contribution is -2.19. The highest BCUT2D eigenvalue weighted by atomic mass is 16.5. The molecule has 0 bridgehead atoms. The van der Waals surface area contributed by atoms with E-state index in [-0.39, 0.29) is 10.8 Å². The van der Waals surface area contributed by atoms with Gasteiger partial charge < -0.3 is 9.64 Å². The Balaban J connectivity index is 2.08. The molecule has 1 heterocycles. The average molecular weight is 309 g/mol. The first-order chi connectivity index (χ1) is 10.6. The second-order valence-corrected chi connectivity index (χ2v) is 8.53. The quantitative estimate of drug-likeness (QED) is 0.578. The van der Waals surface area contributed by atoms with Gasteiger partial charge in [-0.25, -0.2) is 0 Å². The van der Waals surface area contributed by atoms with Crippen molar-refractivity contribution in [1.29, 1.82) is 0 Å². The van der Waals surface area contributed by atoms with Crippen molar-refractivity contribution in [3.05, 3.63) is 47.5 Å². The van der Waals surface area contributed by atoms with Gasteiger partial charge >= 0.3 is 0 Å². The third-order valence-electron chi connectivity index (χ3n) is 4.59. The minimum Gasteiger partial charge on any atom is -0.453 e. The Labute approximate surface area is 140 Å². The number of ether oxygens (including phenoxy) is 1. The topological polar surface area (TPSA) is 12.5 Å². The molecule has 0 fully saturated rings. The molecule has 2 aromatic carbocycles. The lowest BCUT2D eigenvalue weighted by molar-refractivity contribution is 0.468. The molecule has 3 rings (SSSR count). The van der Waals surface area contributed by atoms with Crippen molar-refractivity contribution < 1.29 is 4.74 Å². The average Bonchev–Trinajstić information content (AvgIpc) is 2.44. The summed E-state index contributed by atoms with van der Waals surface area (Å²) in [7, 11) is 2.10. The molecule has 2 aromatic rings. The number of fused-ring (bicyclic) bond motifs is 2. The van der Waals surface area contributed by atoms with Crippen molar-refractivity contribution >= 4 is 11.4 Å². The molecule has 0 aromatic heterocycles. The Kier molecular flexibility index (Phi) is 3.47. The van der Waals surface area contributed by atoms with E-state index >= 15 is 0 Å². The van der Waals surface area contributed by atoms with E-state index in [4.69, 9.17) is 4.74 Å². The molecule has 0 aliphatic carbocycles. The molecule has 122 valence electrons. The van der Waals surface area contributed by atoms with Gasteiger partial charge in [-0.15, -0.1) is 0 Å². The van der Waals surface area contributed by atoms with Gasteiger partial charge in [0, 0.05) is 7.05 Å². The summed E-state index contributed by atoms with van der Waals surface area (Å²) in [5, 5.41) is 0. The van der Waals surface area contributed by atoms with E-state index < -0.39 is 0 Å². The standard InChI is InChI=1S/C21H27NO/c1-20(2,3)14-8-10-16-18(12-14)23-19-13-15(21(4,5)6)9-11-17(19)22(16)7/h8-13H,1-7H3. The maximum atomic E-state index is 6.28. The fourth-order valence-electron chi connectivity index (χ4n) is 2.93. The van der Waals surface area contributed by atoms with Crippen LogP contribution in [0.15, 0.2) is 36.4 Å². The number of nitrogens with zero attached hydrogens (tertiary/aromatic N) is 1. The molecular formula is C21H27NO. The van der Waals surface area contributed by atoms with Crippen molar-refractivity contribution in [3.63, 3.8) is 0 Å². The van der Waals surface area contributed by atoms with Gasteiger partial charge in [0.2, 0.25) is 0 Å². The van der Waals surface area contributed by atoms with Gasteiger partial charge in [0.25, 0.3) is 0 Å². The Morgan fingerprint density at radius 3 is 1.43 bits per heavy atom. The summed E-state index contributed by atoms with van der Waals surface area (Å²) in [4.78, 5) is 2.22. The Morgan fingerprint density at radius 2 is 1.09 bits per heavy atom. The van der Waals surface area contributed by atoms with Gasteiger partial charge in [-0.2, -0.15) is 0 Å². The first kappa shape index (κ1) is 15.9. The highest BCUT2D eigenvalue weighted by Gasteiger charge is 2.26. The van der Waals surface area contributed by atoms with Crippen LogP contribution in [0.3, 0.4) is 0 Å².